The lowest BCUT2D eigenvalue weighted by molar-refractivity contribution is -0.121. The summed E-state index contributed by atoms with van der Waals surface area (Å²) in [6, 6.07) is 6.64. The molecule has 0 aliphatic carbocycles. The molecule has 1 aromatic carbocycles. The van der Waals surface area contributed by atoms with Crippen molar-refractivity contribution in [2.45, 2.75) is 19.3 Å². The lowest BCUT2D eigenvalue weighted by Gasteiger charge is -2.22. The van der Waals surface area contributed by atoms with Crippen LogP contribution < -0.4 is 5.32 Å². The zero-order chi connectivity index (χ0) is 16.2. The molecule has 2 aliphatic rings. The molecule has 2 aliphatic heterocycles. The van der Waals surface area contributed by atoms with Crippen molar-refractivity contribution < 1.29 is 19.1 Å². The Morgan fingerprint density at radius 1 is 1.13 bits per heavy atom. The average Bonchev–Trinajstić information content (AvgIpc) is 2.81. The highest BCUT2D eigenvalue weighted by atomic mass is 16.5. The van der Waals surface area contributed by atoms with Gasteiger partial charge in [-0.1, -0.05) is 12.1 Å². The Bertz CT molecular complexity index is 588. The van der Waals surface area contributed by atoms with E-state index in [9.17, 15) is 14.4 Å². The molecule has 122 valence electrons. The van der Waals surface area contributed by atoms with Crippen molar-refractivity contribution in [3.8, 4) is 0 Å². The minimum atomic E-state index is -0.398. The lowest BCUT2D eigenvalue weighted by Crippen LogP contribution is -2.41. The smallest absolute Gasteiger partial charge is 0.262 e. The molecule has 0 saturated carbocycles. The highest BCUT2D eigenvalue weighted by Crippen LogP contribution is 2.22. The highest BCUT2D eigenvalue weighted by molar-refractivity contribution is 6.22. The quantitative estimate of drug-likeness (QED) is 0.829. The van der Waals surface area contributed by atoms with Gasteiger partial charge in [-0.15, -0.1) is 0 Å². The first-order valence-electron chi connectivity index (χ1n) is 7.96. The molecule has 1 N–H and O–H groups in total. The normalized spacial score (nSPS) is 18.2. The summed E-state index contributed by atoms with van der Waals surface area (Å²) in [7, 11) is 0. The first kappa shape index (κ1) is 15.7. The van der Waals surface area contributed by atoms with Gasteiger partial charge >= 0.3 is 0 Å². The van der Waals surface area contributed by atoms with Gasteiger partial charge in [0.1, 0.15) is 6.54 Å². The summed E-state index contributed by atoms with van der Waals surface area (Å²) >= 11 is 0. The number of carbonyl (C=O) groups is 3. The van der Waals surface area contributed by atoms with Crippen molar-refractivity contribution in [1.29, 1.82) is 0 Å². The molecule has 3 amide bonds. The van der Waals surface area contributed by atoms with Crippen molar-refractivity contribution in [3.05, 3.63) is 35.4 Å². The maximum absolute atomic E-state index is 12.2. The summed E-state index contributed by atoms with van der Waals surface area (Å²) in [5, 5.41) is 2.80. The van der Waals surface area contributed by atoms with E-state index < -0.39 is 11.8 Å². The van der Waals surface area contributed by atoms with Crippen molar-refractivity contribution in [2.75, 3.05) is 26.3 Å². The SMILES string of the molecule is O=C(CN1C(=O)c2ccccc2C1=O)NCCC1CCOCC1. The summed E-state index contributed by atoms with van der Waals surface area (Å²) in [6.45, 7) is 1.91. The molecule has 23 heavy (non-hydrogen) atoms. The zero-order valence-electron chi connectivity index (χ0n) is 12.9. The van der Waals surface area contributed by atoms with Crippen LogP contribution in [0.25, 0.3) is 0 Å². The van der Waals surface area contributed by atoms with E-state index in [1.807, 2.05) is 0 Å². The van der Waals surface area contributed by atoms with Gasteiger partial charge < -0.3 is 10.1 Å². The fourth-order valence-electron chi connectivity index (χ4n) is 3.03. The molecule has 0 bridgehead atoms. The molecule has 1 saturated heterocycles. The van der Waals surface area contributed by atoms with Crippen LogP contribution in [0.1, 0.15) is 40.0 Å². The Kier molecular flexibility index (Phi) is 4.71. The summed E-state index contributed by atoms with van der Waals surface area (Å²) in [4.78, 5) is 37.4. The Morgan fingerprint density at radius 2 is 1.74 bits per heavy atom. The van der Waals surface area contributed by atoms with Crippen LogP contribution >= 0.6 is 0 Å². The molecule has 1 fully saturated rings. The zero-order valence-corrected chi connectivity index (χ0v) is 12.9. The second kappa shape index (κ2) is 6.91. The number of nitrogens with one attached hydrogen (secondary N) is 1. The van der Waals surface area contributed by atoms with Crippen LogP contribution in [0, 0.1) is 5.92 Å². The number of nitrogens with zero attached hydrogens (tertiary/aromatic N) is 1. The minimum Gasteiger partial charge on any atom is -0.381 e. The molecular formula is C17H20N2O4. The summed E-state index contributed by atoms with van der Waals surface area (Å²) in [5.74, 6) is -0.523. The van der Waals surface area contributed by atoms with E-state index in [1.54, 1.807) is 24.3 Å². The van der Waals surface area contributed by atoms with Gasteiger partial charge in [-0.2, -0.15) is 0 Å². The number of fused-ring (bicyclic) bond motifs is 1. The van der Waals surface area contributed by atoms with E-state index in [2.05, 4.69) is 5.32 Å². The van der Waals surface area contributed by atoms with Gasteiger partial charge in [0, 0.05) is 19.8 Å². The minimum absolute atomic E-state index is 0.222. The summed E-state index contributed by atoms with van der Waals surface area (Å²) in [6.07, 6.45) is 2.94. The van der Waals surface area contributed by atoms with Gasteiger partial charge in [-0.05, 0) is 37.3 Å². The highest BCUT2D eigenvalue weighted by Gasteiger charge is 2.36. The largest absolute Gasteiger partial charge is 0.381 e. The van der Waals surface area contributed by atoms with Crippen LogP contribution in [0.4, 0.5) is 0 Å². The van der Waals surface area contributed by atoms with Gasteiger partial charge in [-0.25, -0.2) is 0 Å². The summed E-state index contributed by atoms with van der Waals surface area (Å²) in [5.41, 5.74) is 0.736. The molecule has 6 heteroatoms. The Balaban J connectivity index is 1.49. The van der Waals surface area contributed by atoms with Crippen molar-refractivity contribution in [2.24, 2.45) is 5.92 Å². The van der Waals surface area contributed by atoms with Crippen LogP contribution in [0.15, 0.2) is 24.3 Å². The number of rotatable bonds is 5. The standard InChI is InChI=1S/C17H20N2O4/c20-15(18-8-5-12-6-9-23-10-7-12)11-19-16(21)13-3-1-2-4-14(13)17(19)22/h1-4,12H,5-11H2,(H,18,20). The van der Waals surface area contributed by atoms with Crippen LogP contribution in [0.3, 0.4) is 0 Å². The Morgan fingerprint density at radius 3 is 2.35 bits per heavy atom. The molecule has 0 aromatic heterocycles. The number of imide groups is 1. The Labute approximate surface area is 134 Å². The van der Waals surface area contributed by atoms with Gasteiger partial charge in [-0.3, -0.25) is 19.3 Å². The average molecular weight is 316 g/mol. The Hall–Kier alpha value is -2.21. The number of hydrogen-bond acceptors (Lipinski definition) is 4. The first-order valence-corrected chi connectivity index (χ1v) is 7.96. The molecule has 0 atom stereocenters. The molecule has 3 rings (SSSR count). The van der Waals surface area contributed by atoms with Gasteiger partial charge in [0.15, 0.2) is 0 Å². The number of hydrogen-bond donors (Lipinski definition) is 1. The van der Waals surface area contributed by atoms with Gasteiger partial charge in [0.05, 0.1) is 11.1 Å². The third-order valence-electron chi connectivity index (χ3n) is 4.40. The topological polar surface area (TPSA) is 75.7 Å². The second-order valence-corrected chi connectivity index (χ2v) is 5.94. The molecular weight excluding hydrogens is 296 g/mol. The number of carbonyl (C=O) groups excluding carboxylic acids is 3. The van der Waals surface area contributed by atoms with E-state index >= 15 is 0 Å². The number of amides is 3. The van der Waals surface area contributed by atoms with E-state index in [1.165, 1.54) is 0 Å². The molecule has 2 heterocycles. The maximum atomic E-state index is 12.2. The van der Waals surface area contributed by atoms with E-state index in [4.69, 9.17) is 4.74 Å². The van der Waals surface area contributed by atoms with E-state index in [0.29, 0.717) is 23.6 Å². The van der Waals surface area contributed by atoms with Crippen LogP contribution in [-0.2, 0) is 9.53 Å². The first-order chi connectivity index (χ1) is 11.2. The predicted molar refractivity (Wildman–Crippen MR) is 83.0 cm³/mol. The molecule has 0 radical (unpaired) electrons. The fraction of sp³-hybridized carbons (Fsp3) is 0.471. The maximum Gasteiger partial charge on any atom is 0.262 e. The van der Waals surface area contributed by atoms with Crippen molar-refractivity contribution in [1.82, 2.24) is 10.2 Å². The number of ether oxygens (including phenoxy) is 1. The molecule has 0 unspecified atom stereocenters. The molecule has 0 spiro atoms. The third kappa shape index (κ3) is 3.42. The summed E-state index contributed by atoms with van der Waals surface area (Å²) < 4.78 is 5.30. The van der Waals surface area contributed by atoms with E-state index in [0.717, 1.165) is 37.4 Å². The van der Waals surface area contributed by atoms with Crippen molar-refractivity contribution >= 4 is 17.7 Å². The number of benzene rings is 1. The van der Waals surface area contributed by atoms with Crippen LogP contribution in [0.2, 0.25) is 0 Å². The monoisotopic (exact) mass is 316 g/mol. The third-order valence-corrected chi connectivity index (χ3v) is 4.40. The van der Waals surface area contributed by atoms with Crippen LogP contribution in [0.5, 0.6) is 0 Å². The van der Waals surface area contributed by atoms with E-state index in [-0.39, 0.29) is 12.5 Å². The fourth-order valence-corrected chi connectivity index (χ4v) is 3.03. The molecule has 6 nitrogen and oxygen atoms in total. The van der Waals surface area contributed by atoms with Crippen molar-refractivity contribution in [3.63, 3.8) is 0 Å². The lowest BCUT2D eigenvalue weighted by atomic mass is 9.97. The second-order valence-electron chi connectivity index (χ2n) is 5.94. The van der Waals surface area contributed by atoms with Gasteiger partial charge in [0.2, 0.25) is 5.91 Å². The van der Waals surface area contributed by atoms with Gasteiger partial charge in [0.25, 0.3) is 11.8 Å². The predicted octanol–water partition coefficient (Wildman–Crippen LogP) is 1.22. The van der Waals surface area contributed by atoms with Crippen LogP contribution in [-0.4, -0.2) is 48.9 Å². The molecule has 1 aromatic rings.